The third-order valence-electron chi connectivity index (χ3n) is 5.02. The fraction of sp³-hybridized carbons (Fsp3) is 0.381. The lowest BCUT2D eigenvalue weighted by atomic mass is 9.92. The molecule has 0 aliphatic heterocycles. The van der Waals surface area contributed by atoms with Gasteiger partial charge in [-0.05, 0) is 68.4 Å². The van der Waals surface area contributed by atoms with Crippen LogP contribution in [0, 0.1) is 17.0 Å². The zero-order valence-corrected chi connectivity index (χ0v) is 15.7. The van der Waals surface area contributed by atoms with Crippen molar-refractivity contribution >= 4 is 17.3 Å². The molecule has 3 rings (SSSR count). The number of fused-ring (bicyclic) bond motifs is 1. The molecule has 0 saturated heterocycles. The van der Waals surface area contributed by atoms with E-state index in [-0.39, 0.29) is 11.6 Å². The van der Waals surface area contributed by atoms with Gasteiger partial charge in [0.1, 0.15) is 5.75 Å². The van der Waals surface area contributed by atoms with Crippen LogP contribution in [0.25, 0.3) is 0 Å². The van der Waals surface area contributed by atoms with E-state index in [0.29, 0.717) is 23.4 Å². The molecular weight excluding hydrogens is 344 g/mol. The number of ether oxygens (including phenoxy) is 1. The van der Waals surface area contributed by atoms with Gasteiger partial charge in [-0.1, -0.05) is 19.1 Å². The summed E-state index contributed by atoms with van der Waals surface area (Å²) < 4.78 is 5.94. The van der Waals surface area contributed by atoms with Gasteiger partial charge in [-0.15, -0.1) is 0 Å². The lowest BCUT2D eigenvalue weighted by Crippen LogP contribution is -2.32. The Hall–Kier alpha value is -2.89. The Morgan fingerprint density at radius 1 is 1.22 bits per heavy atom. The Labute approximate surface area is 158 Å². The number of rotatable bonds is 6. The fourth-order valence-corrected chi connectivity index (χ4v) is 3.44. The number of nitro groups is 1. The molecule has 0 heterocycles. The summed E-state index contributed by atoms with van der Waals surface area (Å²) in [6.45, 7) is 3.50. The van der Waals surface area contributed by atoms with Gasteiger partial charge in [0.15, 0.2) is 6.10 Å². The first-order valence-electron chi connectivity index (χ1n) is 9.33. The third kappa shape index (κ3) is 4.27. The average Bonchev–Trinajstić information content (AvgIpc) is 2.67. The normalized spacial score (nSPS) is 14.1. The summed E-state index contributed by atoms with van der Waals surface area (Å²) >= 11 is 0. The molecule has 1 unspecified atom stereocenters. The first-order valence-corrected chi connectivity index (χ1v) is 9.33. The predicted octanol–water partition coefficient (Wildman–Crippen LogP) is 4.58. The van der Waals surface area contributed by atoms with Crippen LogP contribution in [-0.2, 0) is 17.6 Å². The Morgan fingerprint density at radius 3 is 2.67 bits per heavy atom. The zero-order chi connectivity index (χ0) is 19.4. The van der Waals surface area contributed by atoms with E-state index in [1.807, 2.05) is 19.1 Å². The van der Waals surface area contributed by atoms with Crippen LogP contribution < -0.4 is 10.1 Å². The Balaban J connectivity index is 1.73. The van der Waals surface area contributed by atoms with E-state index in [9.17, 15) is 14.9 Å². The third-order valence-corrected chi connectivity index (χ3v) is 5.02. The molecule has 0 bridgehead atoms. The van der Waals surface area contributed by atoms with E-state index in [0.717, 1.165) is 12.8 Å². The number of nitro benzene ring substituents is 1. The van der Waals surface area contributed by atoms with Gasteiger partial charge in [-0.3, -0.25) is 14.9 Å². The number of carbonyl (C=O) groups is 1. The van der Waals surface area contributed by atoms with E-state index in [1.54, 1.807) is 19.1 Å². The Kier molecular flexibility index (Phi) is 5.74. The molecular formula is C21H24N2O4. The number of hydrogen-bond donors (Lipinski definition) is 1. The van der Waals surface area contributed by atoms with Gasteiger partial charge in [-0.2, -0.15) is 0 Å². The van der Waals surface area contributed by atoms with Crippen LogP contribution >= 0.6 is 0 Å². The topological polar surface area (TPSA) is 81.5 Å². The number of nitrogens with zero attached hydrogens (tertiary/aromatic N) is 1. The van der Waals surface area contributed by atoms with Crippen molar-refractivity contribution in [3.63, 3.8) is 0 Å². The highest BCUT2D eigenvalue weighted by atomic mass is 16.6. The highest BCUT2D eigenvalue weighted by Crippen LogP contribution is 2.27. The molecule has 0 saturated carbocycles. The Morgan fingerprint density at radius 2 is 1.96 bits per heavy atom. The summed E-state index contributed by atoms with van der Waals surface area (Å²) in [6, 6.07) is 10.7. The fourth-order valence-electron chi connectivity index (χ4n) is 3.44. The van der Waals surface area contributed by atoms with Crippen LogP contribution in [0.4, 0.5) is 11.4 Å². The van der Waals surface area contributed by atoms with Crippen LogP contribution in [0.1, 0.15) is 42.9 Å². The van der Waals surface area contributed by atoms with Crippen LogP contribution in [-0.4, -0.2) is 16.9 Å². The molecule has 1 amide bonds. The first-order chi connectivity index (χ1) is 13.0. The monoisotopic (exact) mass is 368 g/mol. The van der Waals surface area contributed by atoms with Gasteiger partial charge >= 0.3 is 0 Å². The zero-order valence-electron chi connectivity index (χ0n) is 15.7. The number of amides is 1. The molecule has 27 heavy (non-hydrogen) atoms. The maximum absolute atomic E-state index is 12.7. The van der Waals surface area contributed by atoms with Gasteiger partial charge in [0, 0.05) is 6.07 Å². The van der Waals surface area contributed by atoms with Crippen molar-refractivity contribution in [2.24, 2.45) is 0 Å². The van der Waals surface area contributed by atoms with Gasteiger partial charge < -0.3 is 10.1 Å². The van der Waals surface area contributed by atoms with Crippen LogP contribution in [0.15, 0.2) is 36.4 Å². The van der Waals surface area contributed by atoms with Crippen molar-refractivity contribution in [2.75, 3.05) is 5.32 Å². The number of nitrogens with one attached hydrogen (secondary N) is 1. The van der Waals surface area contributed by atoms with E-state index in [4.69, 9.17) is 4.74 Å². The van der Waals surface area contributed by atoms with E-state index in [2.05, 4.69) is 11.4 Å². The average molecular weight is 368 g/mol. The number of aryl methyl sites for hydroxylation is 2. The van der Waals surface area contributed by atoms with Crippen LogP contribution in [0.5, 0.6) is 5.75 Å². The molecule has 1 aliphatic rings. The second-order valence-electron chi connectivity index (χ2n) is 6.85. The van der Waals surface area contributed by atoms with Gasteiger partial charge in [0.05, 0.1) is 16.2 Å². The molecule has 142 valence electrons. The van der Waals surface area contributed by atoms with Crippen molar-refractivity contribution in [1.29, 1.82) is 0 Å². The lowest BCUT2D eigenvalue weighted by molar-refractivity contribution is -0.385. The Bertz CT molecular complexity index is 863. The first kappa shape index (κ1) is 18.9. The van der Waals surface area contributed by atoms with Crippen LogP contribution in [0.2, 0.25) is 0 Å². The maximum Gasteiger partial charge on any atom is 0.274 e. The summed E-state index contributed by atoms with van der Waals surface area (Å²) in [7, 11) is 0. The lowest BCUT2D eigenvalue weighted by Gasteiger charge is -2.20. The maximum atomic E-state index is 12.7. The molecule has 2 aromatic carbocycles. The molecule has 0 aromatic heterocycles. The molecule has 2 aromatic rings. The number of carbonyl (C=O) groups excluding carboxylic acids is 1. The standard InChI is InChI=1S/C21H24N2O4/c1-3-20(27-17-12-11-15-7-4-5-8-16(15)13-17)21(24)22-18-9-6-10-19(14(18)2)23(25)26/h6,9-13,20H,3-5,7-8H2,1-2H3,(H,22,24). The van der Waals surface area contributed by atoms with Gasteiger partial charge in [0.25, 0.3) is 11.6 Å². The van der Waals surface area contributed by atoms with Gasteiger partial charge in [0.2, 0.25) is 0 Å². The quantitative estimate of drug-likeness (QED) is 0.598. The summed E-state index contributed by atoms with van der Waals surface area (Å²) in [5.74, 6) is 0.382. The highest BCUT2D eigenvalue weighted by Gasteiger charge is 2.22. The molecule has 1 atom stereocenters. The van der Waals surface area contributed by atoms with E-state index >= 15 is 0 Å². The van der Waals surface area contributed by atoms with Crippen molar-refractivity contribution in [1.82, 2.24) is 0 Å². The van der Waals surface area contributed by atoms with Crippen molar-refractivity contribution in [3.05, 3.63) is 63.2 Å². The summed E-state index contributed by atoms with van der Waals surface area (Å²) in [5.41, 5.74) is 3.50. The van der Waals surface area contributed by atoms with E-state index < -0.39 is 11.0 Å². The van der Waals surface area contributed by atoms with Gasteiger partial charge in [-0.25, -0.2) is 0 Å². The molecule has 6 heteroatoms. The summed E-state index contributed by atoms with van der Waals surface area (Å²) in [5, 5.41) is 13.8. The number of hydrogen-bond acceptors (Lipinski definition) is 4. The number of anilines is 1. The minimum Gasteiger partial charge on any atom is -0.481 e. The van der Waals surface area contributed by atoms with Crippen molar-refractivity contribution in [3.8, 4) is 5.75 Å². The largest absolute Gasteiger partial charge is 0.481 e. The highest BCUT2D eigenvalue weighted by molar-refractivity contribution is 5.95. The second kappa shape index (κ2) is 8.20. The minimum atomic E-state index is -0.662. The molecule has 1 aliphatic carbocycles. The number of benzene rings is 2. The molecule has 0 fully saturated rings. The van der Waals surface area contributed by atoms with Crippen LogP contribution in [0.3, 0.4) is 0 Å². The smallest absolute Gasteiger partial charge is 0.274 e. The second-order valence-corrected chi connectivity index (χ2v) is 6.85. The van der Waals surface area contributed by atoms with Crippen molar-refractivity contribution < 1.29 is 14.5 Å². The minimum absolute atomic E-state index is 0.0172. The van der Waals surface area contributed by atoms with Crippen molar-refractivity contribution in [2.45, 2.75) is 52.1 Å². The summed E-state index contributed by atoms with van der Waals surface area (Å²) in [4.78, 5) is 23.3. The summed E-state index contributed by atoms with van der Waals surface area (Å²) in [6.07, 6.45) is 4.37. The SMILES string of the molecule is CCC(Oc1ccc2c(c1)CCCC2)C(=O)Nc1cccc([N+](=O)[O-])c1C. The predicted molar refractivity (Wildman–Crippen MR) is 104 cm³/mol. The molecule has 6 nitrogen and oxygen atoms in total. The molecule has 0 radical (unpaired) electrons. The molecule has 0 spiro atoms. The molecule has 1 N–H and O–H groups in total. The van der Waals surface area contributed by atoms with E-state index in [1.165, 1.54) is 30.0 Å².